The normalized spacial score (nSPS) is 14.9. The van der Waals surface area contributed by atoms with Crippen LogP contribution in [0.25, 0.3) is 11.3 Å². The van der Waals surface area contributed by atoms with Crippen LogP contribution in [-0.4, -0.2) is 48.2 Å². The van der Waals surface area contributed by atoms with Gasteiger partial charge in [0.05, 0.1) is 17.1 Å². The Morgan fingerprint density at radius 1 is 1.18 bits per heavy atom. The second-order valence-electron chi connectivity index (χ2n) is 13.2. The van der Waals surface area contributed by atoms with Crippen LogP contribution in [-0.2, 0) is 11.5 Å². The highest BCUT2D eigenvalue weighted by atomic mass is 28.3. The minimum absolute atomic E-state index is 0.209. The number of para-hydroxylation sites is 1. The Balaban J connectivity index is 1.58. The van der Waals surface area contributed by atoms with E-state index in [0.29, 0.717) is 29.6 Å². The highest BCUT2D eigenvalue weighted by molar-refractivity contribution is 6.76. The summed E-state index contributed by atoms with van der Waals surface area (Å²) in [4.78, 5) is 24.7. The average Bonchev–Trinajstić information content (AvgIpc) is 3.30. The van der Waals surface area contributed by atoms with Gasteiger partial charge in [-0.05, 0) is 61.4 Å². The number of carbonyl (C=O) groups is 1. The van der Waals surface area contributed by atoms with Crippen molar-refractivity contribution in [3.05, 3.63) is 60.1 Å². The molecule has 1 aliphatic heterocycles. The number of benzene rings is 1. The van der Waals surface area contributed by atoms with Crippen molar-refractivity contribution >= 4 is 25.4 Å². The number of ether oxygens (including phenoxy) is 1. The molecule has 1 aromatic carbocycles. The topological polar surface area (TPSA) is 72.3 Å². The predicted octanol–water partition coefficient (Wildman–Crippen LogP) is 7.22. The van der Waals surface area contributed by atoms with Gasteiger partial charge in [0.15, 0.2) is 0 Å². The first-order chi connectivity index (χ1) is 18.8. The van der Waals surface area contributed by atoms with E-state index in [0.717, 1.165) is 43.2 Å². The maximum atomic E-state index is 15.2. The summed E-state index contributed by atoms with van der Waals surface area (Å²) in [6.07, 6.45) is 5.54. The summed E-state index contributed by atoms with van der Waals surface area (Å²) in [7, 11) is -1.26. The molecule has 3 heterocycles. The fourth-order valence-electron chi connectivity index (χ4n) is 5.17. The van der Waals surface area contributed by atoms with Crippen LogP contribution in [0.2, 0.25) is 25.7 Å². The largest absolute Gasteiger partial charge is 0.367 e. The van der Waals surface area contributed by atoms with Crippen molar-refractivity contribution in [1.29, 1.82) is 0 Å². The molecule has 2 aromatic heterocycles. The molecule has 7 nitrogen and oxygen atoms in total. The number of anilines is 2. The molecule has 4 rings (SSSR count). The first kappa shape index (κ1) is 29.9. The van der Waals surface area contributed by atoms with Crippen molar-refractivity contribution in [3.8, 4) is 11.3 Å². The van der Waals surface area contributed by atoms with Gasteiger partial charge in [0.25, 0.3) is 5.91 Å². The smallest absolute Gasteiger partial charge is 0.291 e. The van der Waals surface area contributed by atoms with E-state index in [1.54, 1.807) is 22.9 Å². The minimum Gasteiger partial charge on any atom is -0.367 e. The van der Waals surface area contributed by atoms with Gasteiger partial charge in [-0.3, -0.25) is 9.78 Å². The SMILES string of the molecule is Cc1cc(-c2cn(COCC[Si](C)(C)C)c(C(=O)Nc3cccc(F)c3N3CCC(C(C)(C)C)CC3)n2)ccn1. The number of rotatable bonds is 9. The van der Waals surface area contributed by atoms with Crippen molar-refractivity contribution in [2.45, 2.75) is 73.0 Å². The third-order valence-electron chi connectivity index (χ3n) is 7.67. The number of hydrogen-bond acceptors (Lipinski definition) is 5. The van der Waals surface area contributed by atoms with E-state index >= 15 is 4.39 Å². The standard InChI is InChI=1S/C31H44FN5O2Si/c1-22-19-23(11-14-33-22)27-20-37(21-39-17-18-40(5,6)7)29(34-27)30(38)35-26-10-8-9-25(32)28(26)36-15-12-24(13-16-36)31(2,3)4/h8-11,14,19-20,24H,12-13,15-18,21H2,1-7H3,(H,35,38). The van der Waals surface area contributed by atoms with Crippen LogP contribution in [0, 0.1) is 24.1 Å². The second kappa shape index (κ2) is 12.2. The molecule has 0 unspecified atom stereocenters. The zero-order valence-electron chi connectivity index (χ0n) is 25.1. The lowest BCUT2D eigenvalue weighted by molar-refractivity contribution is 0.0809. The van der Waals surface area contributed by atoms with Crippen LogP contribution in [0.4, 0.5) is 15.8 Å². The number of pyridine rings is 1. The number of amides is 1. The summed E-state index contributed by atoms with van der Waals surface area (Å²) in [5, 5.41) is 2.97. The molecule has 3 aromatic rings. The lowest BCUT2D eigenvalue weighted by atomic mass is 9.75. The minimum atomic E-state index is -1.26. The third kappa shape index (κ3) is 7.57. The predicted molar refractivity (Wildman–Crippen MR) is 163 cm³/mol. The molecule has 9 heteroatoms. The van der Waals surface area contributed by atoms with E-state index in [1.165, 1.54) is 6.07 Å². The number of imidazole rings is 1. The molecule has 1 amide bonds. The molecular formula is C31H44FN5O2Si. The van der Waals surface area contributed by atoms with E-state index in [4.69, 9.17) is 9.72 Å². The van der Waals surface area contributed by atoms with Gasteiger partial charge in [-0.15, -0.1) is 0 Å². The van der Waals surface area contributed by atoms with Gasteiger partial charge in [-0.1, -0.05) is 46.5 Å². The average molecular weight is 566 g/mol. The van der Waals surface area contributed by atoms with E-state index in [2.05, 4.69) is 55.6 Å². The van der Waals surface area contributed by atoms with E-state index in [9.17, 15) is 4.79 Å². The van der Waals surface area contributed by atoms with Crippen molar-refractivity contribution in [1.82, 2.24) is 14.5 Å². The molecule has 1 saturated heterocycles. The molecule has 0 bridgehead atoms. The van der Waals surface area contributed by atoms with Crippen LogP contribution in [0.15, 0.2) is 42.7 Å². The van der Waals surface area contributed by atoms with Crippen LogP contribution in [0.5, 0.6) is 0 Å². The number of nitrogens with one attached hydrogen (secondary N) is 1. The Bertz CT molecular complexity index is 1320. The lowest BCUT2D eigenvalue weighted by Gasteiger charge is -2.40. The quantitative estimate of drug-likeness (QED) is 0.219. The molecular weight excluding hydrogens is 521 g/mol. The molecule has 1 fully saturated rings. The molecule has 216 valence electrons. The number of hydrogen-bond donors (Lipinski definition) is 1. The zero-order chi connectivity index (χ0) is 29.1. The maximum absolute atomic E-state index is 15.2. The first-order valence-electron chi connectivity index (χ1n) is 14.2. The maximum Gasteiger partial charge on any atom is 0.291 e. The summed E-state index contributed by atoms with van der Waals surface area (Å²) in [5.41, 5.74) is 3.51. The number of aromatic nitrogens is 3. The molecule has 40 heavy (non-hydrogen) atoms. The summed E-state index contributed by atoms with van der Waals surface area (Å²) < 4.78 is 22.9. The van der Waals surface area contributed by atoms with Gasteiger partial charge in [0.2, 0.25) is 5.82 Å². The molecule has 1 N–H and O–H groups in total. The number of halogens is 1. The molecule has 0 spiro atoms. The van der Waals surface area contributed by atoms with Crippen LogP contribution < -0.4 is 10.2 Å². The highest BCUT2D eigenvalue weighted by Gasteiger charge is 2.31. The fourth-order valence-corrected chi connectivity index (χ4v) is 5.92. The van der Waals surface area contributed by atoms with Gasteiger partial charge in [0.1, 0.15) is 12.5 Å². The Labute approximate surface area is 239 Å². The van der Waals surface area contributed by atoms with Crippen molar-refractivity contribution < 1.29 is 13.9 Å². The van der Waals surface area contributed by atoms with Crippen LogP contribution in [0.1, 0.15) is 49.9 Å². The molecule has 0 aliphatic carbocycles. The molecule has 0 radical (unpaired) electrons. The van der Waals surface area contributed by atoms with Gasteiger partial charge in [0, 0.05) is 51.4 Å². The Morgan fingerprint density at radius 3 is 2.55 bits per heavy atom. The second-order valence-corrected chi connectivity index (χ2v) is 18.8. The Kier molecular flexibility index (Phi) is 9.15. The Morgan fingerprint density at radius 2 is 1.90 bits per heavy atom. The molecule has 0 atom stereocenters. The van der Waals surface area contributed by atoms with Gasteiger partial charge >= 0.3 is 0 Å². The van der Waals surface area contributed by atoms with Gasteiger partial charge in [-0.2, -0.15) is 0 Å². The van der Waals surface area contributed by atoms with Crippen molar-refractivity contribution in [3.63, 3.8) is 0 Å². The summed E-state index contributed by atoms with van der Waals surface area (Å²) in [5.74, 6) is 0.0663. The van der Waals surface area contributed by atoms with Crippen LogP contribution >= 0.6 is 0 Å². The zero-order valence-corrected chi connectivity index (χ0v) is 26.1. The first-order valence-corrected chi connectivity index (χ1v) is 18.0. The van der Waals surface area contributed by atoms with E-state index < -0.39 is 14.0 Å². The highest BCUT2D eigenvalue weighted by Crippen LogP contribution is 2.38. The third-order valence-corrected chi connectivity index (χ3v) is 9.37. The number of nitrogens with zero attached hydrogens (tertiary/aromatic N) is 4. The summed E-state index contributed by atoms with van der Waals surface area (Å²) in [6.45, 7) is 18.0. The lowest BCUT2D eigenvalue weighted by Crippen LogP contribution is -2.39. The summed E-state index contributed by atoms with van der Waals surface area (Å²) >= 11 is 0. The fraction of sp³-hybridized carbons (Fsp3) is 0.516. The van der Waals surface area contributed by atoms with Crippen LogP contribution in [0.3, 0.4) is 0 Å². The molecule has 0 saturated carbocycles. The number of piperidine rings is 1. The monoisotopic (exact) mass is 565 g/mol. The number of carbonyl (C=O) groups excluding carboxylic acids is 1. The van der Waals surface area contributed by atoms with Crippen molar-refractivity contribution in [2.24, 2.45) is 11.3 Å². The van der Waals surface area contributed by atoms with Gasteiger partial charge < -0.3 is 19.5 Å². The van der Waals surface area contributed by atoms with E-state index in [-0.39, 0.29) is 23.8 Å². The van der Waals surface area contributed by atoms with Crippen molar-refractivity contribution in [2.75, 3.05) is 29.9 Å². The van der Waals surface area contributed by atoms with E-state index in [1.807, 2.05) is 25.3 Å². The summed E-state index contributed by atoms with van der Waals surface area (Å²) in [6, 6.07) is 9.69. The molecule has 1 aliphatic rings. The Hall–Kier alpha value is -3.04. The van der Waals surface area contributed by atoms with Gasteiger partial charge in [-0.25, -0.2) is 9.37 Å². The number of aryl methyl sites for hydroxylation is 1.